The van der Waals surface area contributed by atoms with Crippen molar-refractivity contribution in [1.29, 1.82) is 0 Å². The van der Waals surface area contributed by atoms with E-state index in [-0.39, 0.29) is 24.0 Å². The van der Waals surface area contributed by atoms with Crippen molar-refractivity contribution < 1.29 is 18.8 Å². The molecule has 2 aromatic heterocycles. The molecule has 0 N–H and O–H groups in total. The number of halogens is 1. The van der Waals surface area contributed by atoms with Crippen LogP contribution in [0.2, 0.25) is 0 Å². The Kier molecular flexibility index (Phi) is 8.35. The molecule has 0 spiro atoms. The normalized spacial score (nSPS) is 14.0. The van der Waals surface area contributed by atoms with Crippen LogP contribution in [0.3, 0.4) is 0 Å². The molecule has 3 heterocycles. The number of benzene rings is 2. The Balaban J connectivity index is 0.00000289. The van der Waals surface area contributed by atoms with Crippen molar-refractivity contribution in [2.45, 2.75) is 6.42 Å². The van der Waals surface area contributed by atoms with Gasteiger partial charge in [0.2, 0.25) is 0 Å². The molecule has 35 heavy (non-hydrogen) atoms. The zero-order valence-electron chi connectivity index (χ0n) is 19.4. The highest BCUT2D eigenvalue weighted by Crippen LogP contribution is 2.32. The van der Waals surface area contributed by atoms with Gasteiger partial charge >= 0.3 is 0 Å². The summed E-state index contributed by atoms with van der Waals surface area (Å²) < 4.78 is 17.3. The van der Waals surface area contributed by atoms with Gasteiger partial charge in [0.05, 0.1) is 30.5 Å². The molecule has 2 aromatic carbocycles. The number of morpholine rings is 1. The van der Waals surface area contributed by atoms with Gasteiger partial charge < -0.3 is 14.0 Å². The number of hydrogen-bond acceptors (Lipinski definition) is 8. The van der Waals surface area contributed by atoms with Crippen LogP contribution in [0, 0.1) is 0 Å². The van der Waals surface area contributed by atoms with Crippen molar-refractivity contribution in [3.63, 3.8) is 0 Å². The molecule has 0 saturated carbocycles. The van der Waals surface area contributed by atoms with Gasteiger partial charge in [-0.1, -0.05) is 46.8 Å². The van der Waals surface area contributed by atoms with Gasteiger partial charge in [-0.2, -0.15) is 0 Å². The van der Waals surface area contributed by atoms with Crippen molar-refractivity contribution in [1.82, 2.24) is 15.0 Å². The topological polar surface area (TPSA) is 80.9 Å². The van der Waals surface area contributed by atoms with Crippen molar-refractivity contribution in [3.05, 3.63) is 60.3 Å². The lowest BCUT2D eigenvalue weighted by molar-refractivity contribution is 0.0376. The third-order valence-electron chi connectivity index (χ3n) is 5.81. The summed E-state index contributed by atoms with van der Waals surface area (Å²) in [5.41, 5.74) is 1.94. The number of anilines is 1. The second-order valence-electron chi connectivity index (χ2n) is 8.04. The molecule has 0 atom stereocenters. The highest BCUT2D eigenvalue weighted by molar-refractivity contribution is 7.22. The Morgan fingerprint density at radius 2 is 1.94 bits per heavy atom. The molecule has 1 amide bonds. The minimum absolute atomic E-state index is 0. The predicted octanol–water partition coefficient (Wildman–Crippen LogP) is 4.75. The smallest absolute Gasteiger partial charge is 0.282 e. The van der Waals surface area contributed by atoms with Crippen LogP contribution >= 0.6 is 23.7 Å². The molecule has 1 aliphatic rings. The van der Waals surface area contributed by atoms with Crippen LogP contribution in [0.15, 0.2) is 59.1 Å². The van der Waals surface area contributed by atoms with Gasteiger partial charge in [-0.25, -0.2) is 4.98 Å². The highest BCUT2D eigenvalue weighted by Gasteiger charge is 2.25. The van der Waals surface area contributed by atoms with Gasteiger partial charge in [0.25, 0.3) is 5.91 Å². The van der Waals surface area contributed by atoms with E-state index in [1.807, 2.05) is 48.5 Å². The summed E-state index contributed by atoms with van der Waals surface area (Å²) in [6.07, 6.45) is 0.814. The minimum atomic E-state index is -0.223. The van der Waals surface area contributed by atoms with Crippen molar-refractivity contribution >= 4 is 45.0 Å². The SMILES string of the molecule is COc1ccc2sc(N(CCCN3CCOCC3)C(=O)c3cc(-c4ccccc4)on3)nc2c1.Cl. The van der Waals surface area contributed by atoms with Crippen LogP contribution in [0.5, 0.6) is 5.75 Å². The van der Waals surface area contributed by atoms with E-state index in [4.69, 9.17) is 19.0 Å². The molecule has 8 nitrogen and oxygen atoms in total. The molecule has 1 saturated heterocycles. The van der Waals surface area contributed by atoms with E-state index < -0.39 is 0 Å². The fourth-order valence-corrected chi connectivity index (χ4v) is 4.92. The quantitative estimate of drug-likeness (QED) is 0.335. The summed E-state index contributed by atoms with van der Waals surface area (Å²) in [5.74, 6) is 1.07. The van der Waals surface area contributed by atoms with E-state index in [0.29, 0.717) is 17.4 Å². The van der Waals surface area contributed by atoms with Gasteiger partial charge in [-0.15, -0.1) is 12.4 Å². The number of fused-ring (bicyclic) bond motifs is 1. The van der Waals surface area contributed by atoms with E-state index >= 15 is 0 Å². The Hall–Kier alpha value is -2.98. The predicted molar refractivity (Wildman–Crippen MR) is 139 cm³/mol. The molecule has 4 aromatic rings. The number of nitrogens with zero attached hydrogens (tertiary/aromatic N) is 4. The number of thiazole rings is 1. The maximum absolute atomic E-state index is 13.6. The van der Waals surface area contributed by atoms with Crippen LogP contribution in [0.4, 0.5) is 5.13 Å². The van der Waals surface area contributed by atoms with Crippen LogP contribution in [0.25, 0.3) is 21.5 Å². The minimum Gasteiger partial charge on any atom is -0.497 e. The first kappa shape index (κ1) is 25.1. The summed E-state index contributed by atoms with van der Waals surface area (Å²) in [6.45, 7) is 4.75. The summed E-state index contributed by atoms with van der Waals surface area (Å²) in [4.78, 5) is 22.4. The third kappa shape index (κ3) is 5.82. The van der Waals surface area contributed by atoms with E-state index in [0.717, 1.165) is 60.8 Å². The number of amides is 1. The largest absolute Gasteiger partial charge is 0.497 e. The van der Waals surface area contributed by atoms with Gasteiger partial charge in [0.15, 0.2) is 16.6 Å². The molecule has 10 heteroatoms. The monoisotopic (exact) mass is 514 g/mol. The maximum Gasteiger partial charge on any atom is 0.282 e. The molecule has 0 bridgehead atoms. The number of carbonyl (C=O) groups is 1. The Bertz CT molecular complexity index is 1260. The van der Waals surface area contributed by atoms with Gasteiger partial charge in [0.1, 0.15) is 5.75 Å². The number of hydrogen-bond donors (Lipinski definition) is 0. The standard InChI is InChI=1S/C25H26N4O4S.ClH/c1-31-19-8-9-23-20(16-19)26-25(34-23)29(11-5-10-28-12-14-32-15-13-28)24(30)21-17-22(33-27-21)18-6-3-2-4-7-18;/h2-4,6-9,16-17H,5,10-15H2,1H3;1H. The molecule has 5 rings (SSSR count). The zero-order valence-corrected chi connectivity index (χ0v) is 21.0. The number of rotatable bonds is 8. The second kappa shape index (κ2) is 11.6. The fraction of sp³-hybridized carbons (Fsp3) is 0.320. The average molecular weight is 515 g/mol. The van der Waals surface area contributed by atoms with Crippen molar-refractivity contribution in [2.24, 2.45) is 0 Å². The summed E-state index contributed by atoms with van der Waals surface area (Å²) in [5, 5.41) is 4.72. The molecule has 0 unspecified atom stereocenters. The van der Waals surface area contributed by atoms with Crippen LogP contribution in [-0.4, -0.2) is 67.5 Å². The first-order valence-electron chi connectivity index (χ1n) is 11.3. The van der Waals surface area contributed by atoms with Crippen LogP contribution < -0.4 is 9.64 Å². The van der Waals surface area contributed by atoms with Crippen LogP contribution in [0.1, 0.15) is 16.9 Å². The molecule has 0 radical (unpaired) electrons. The highest BCUT2D eigenvalue weighted by atomic mass is 35.5. The van der Waals surface area contributed by atoms with Crippen molar-refractivity contribution in [3.8, 4) is 17.1 Å². The van der Waals surface area contributed by atoms with E-state index in [1.54, 1.807) is 18.1 Å². The molecule has 1 fully saturated rings. The lowest BCUT2D eigenvalue weighted by Gasteiger charge is -2.27. The molecule has 184 valence electrons. The molecular formula is C25H27ClN4O4S. The Morgan fingerprint density at radius 3 is 2.71 bits per heavy atom. The molecule has 1 aliphatic heterocycles. The molecular weight excluding hydrogens is 488 g/mol. The van der Waals surface area contributed by atoms with Crippen molar-refractivity contribution in [2.75, 3.05) is 51.4 Å². The van der Waals surface area contributed by atoms with Gasteiger partial charge in [0, 0.05) is 43.9 Å². The number of ether oxygens (including phenoxy) is 2. The lowest BCUT2D eigenvalue weighted by Crippen LogP contribution is -2.39. The second-order valence-corrected chi connectivity index (χ2v) is 9.05. The third-order valence-corrected chi connectivity index (χ3v) is 6.87. The zero-order chi connectivity index (χ0) is 23.3. The first-order chi connectivity index (χ1) is 16.7. The summed E-state index contributed by atoms with van der Waals surface area (Å²) in [7, 11) is 1.63. The number of aromatic nitrogens is 2. The van der Waals surface area contributed by atoms with Gasteiger partial charge in [-0.05, 0) is 18.6 Å². The van der Waals surface area contributed by atoms with E-state index in [1.165, 1.54) is 11.3 Å². The summed E-state index contributed by atoms with van der Waals surface area (Å²) >= 11 is 1.48. The Labute approximate surface area is 213 Å². The van der Waals surface area contributed by atoms with E-state index in [9.17, 15) is 4.79 Å². The Morgan fingerprint density at radius 1 is 1.14 bits per heavy atom. The fourth-order valence-electron chi connectivity index (χ4n) is 3.95. The lowest BCUT2D eigenvalue weighted by atomic mass is 10.1. The summed E-state index contributed by atoms with van der Waals surface area (Å²) in [6, 6.07) is 17.1. The molecule has 0 aliphatic carbocycles. The van der Waals surface area contributed by atoms with E-state index in [2.05, 4.69) is 10.1 Å². The first-order valence-corrected chi connectivity index (χ1v) is 12.1. The van der Waals surface area contributed by atoms with Gasteiger partial charge in [-0.3, -0.25) is 14.6 Å². The average Bonchev–Trinajstić information content (AvgIpc) is 3.54. The number of methoxy groups -OCH3 is 1. The number of carbonyl (C=O) groups excluding carboxylic acids is 1. The maximum atomic E-state index is 13.6. The van der Waals surface area contributed by atoms with Crippen LogP contribution in [-0.2, 0) is 4.74 Å².